The average molecular weight is 259 g/mol. The molecule has 0 saturated heterocycles. The van der Waals surface area contributed by atoms with E-state index in [2.05, 4.69) is 37.8 Å². The number of nitrogens with two attached hydrogens (primary N) is 1. The van der Waals surface area contributed by atoms with E-state index in [-0.39, 0.29) is 0 Å². The molecule has 1 aromatic rings. The zero-order chi connectivity index (χ0) is 14.1. The fourth-order valence-electron chi connectivity index (χ4n) is 2.24. The van der Waals surface area contributed by atoms with E-state index < -0.39 is 5.60 Å². The van der Waals surface area contributed by atoms with Crippen LogP contribution in [0.2, 0.25) is 0 Å². The fraction of sp³-hybridized carbons (Fsp3) is 0.529. The molecule has 0 spiro atoms. The van der Waals surface area contributed by atoms with Crippen LogP contribution in [0.25, 0.3) is 0 Å². The highest BCUT2D eigenvalue weighted by atomic mass is 16.3. The summed E-state index contributed by atoms with van der Waals surface area (Å²) in [5, 5.41) is 10.5. The number of rotatable bonds is 6. The van der Waals surface area contributed by atoms with Crippen molar-refractivity contribution in [3.8, 4) is 11.8 Å². The van der Waals surface area contributed by atoms with E-state index in [0.29, 0.717) is 6.54 Å². The third kappa shape index (κ3) is 5.46. The molecule has 0 amide bonds. The summed E-state index contributed by atoms with van der Waals surface area (Å²) in [5.74, 6) is 6.17. The molecule has 1 rings (SSSR count). The summed E-state index contributed by atoms with van der Waals surface area (Å²) >= 11 is 0. The van der Waals surface area contributed by atoms with Crippen molar-refractivity contribution in [1.29, 1.82) is 0 Å². The van der Waals surface area contributed by atoms with Gasteiger partial charge in [0.1, 0.15) is 5.60 Å². The van der Waals surface area contributed by atoms with Gasteiger partial charge in [0.05, 0.1) is 0 Å². The van der Waals surface area contributed by atoms with E-state index in [9.17, 15) is 5.11 Å². The van der Waals surface area contributed by atoms with Gasteiger partial charge in [0.25, 0.3) is 0 Å². The SMILES string of the molecule is CCCC(O)(C#Cc1cccc(CCN)c1)CCC. The van der Waals surface area contributed by atoms with Gasteiger partial charge in [0, 0.05) is 5.56 Å². The largest absolute Gasteiger partial charge is 0.378 e. The van der Waals surface area contributed by atoms with Crippen molar-refractivity contribution in [3.63, 3.8) is 0 Å². The van der Waals surface area contributed by atoms with Crippen LogP contribution in [0.3, 0.4) is 0 Å². The molecule has 0 unspecified atom stereocenters. The van der Waals surface area contributed by atoms with Gasteiger partial charge in [-0.15, -0.1) is 0 Å². The Kier molecular flexibility index (Phi) is 6.62. The first-order valence-corrected chi connectivity index (χ1v) is 7.18. The number of hydrogen-bond acceptors (Lipinski definition) is 2. The van der Waals surface area contributed by atoms with Gasteiger partial charge in [-0.25, -0.2) is 0 Å². The molecule has 3 N–H and O–H groups in total. The van der Waals surface area contributed by atoms with E-state index in [1.165, 1.54) is 5.56 Å². The first kappa shape index (κ1) is 15.8. The Labute approximate surface area is 117 Å². The fourth-order valence-corrected chi connectivity index (χ4v) is 2.24. The highest BCUT2D eigenvalue weighted by molar-refractivity contribution is 5.39. The molecule has 2 heteroatoms. The second-order valence-electron chi connectivity index (χ2n) is 5.02. The third-order valence-electron chi connectivity index (χ3n) is 3.13. The maximum absolute atomic E-state index is 10.5. The smallest absolute Gasteiger partial charge is 0.125 e. The Morgan fingerprint density at radius 1 is 1.21 bits per heavy atom. The lowest BCUT2D eigenvalue weighted by Crippen LogP contribution is -2.25. The van der Waals surface area contributed by atoms with Crippen molar-refractivity contribution in [2.75, 3.05) is 6.54 Å². The Balaban J connectivity index is 2.87. The van der Waals surface area contributed by atoms with E-state index in [1.807, 2.05) is 12.1 Å². The van der Waals surface area contributed by atoms with Gasteiger partial charge >= 0.3 is 0 Å². The lowest BCUT2D eigenvalue weighted by molar-refractivity contribution is 0.0807. The minimum atomic E-state index is -0.840. The van der Waals surface area contributed by atoms with Gasteiger partial charge < -0.3 is 10.8 Å². The third-order valence-corrected chi connectivity index (χ3v) is 3.13. The lowest BCUT2D eigenvalue weighted by Gasteiger charge is -2.20. The molecular formula is C17H25NO. The highest BCUT2D eigenvalue weighted by Crippen LogP contribution is 2.18. The van der Waals surface area contributed by atoms with Crippen LogP contribution in [-0.2, 0) is 6.42 Å². The summed E-state index contributed by atoms with van der Waals surface area (Å²) in [5.41, 5.74) is 6.87. The Hall–Kier alpha value is -1.30. The van der Waals surface area contributed by atoms with Crippen molar-refractivity contribution in [1.82, 2.24) is 0 Å². The Morgan fingerprint density at radius 3 is 2.47 bits per heavy atom. The first-order chi connectivity index (χ1) is 9.13. The van der Waals surface area contributed by atoms with Crippen LogP contribution in [-0.4, -0.2) is 17.3 Å². The molecule has 104 valence electrons. The number of aliphatic hydroxyl groups is 1. The Morgan fingerprint density at radius 2 is 1.89 bits per heavy atom. The van der Waals surface area contributed by atoms with Crippen LogP contribution in [0.15, 0.2) is 24.3 Å². The van der Waals surface area contributed by atoms with Crippen LogP contribution in [0, 0.1) is 11.8 Å². The maximum atomic E-state index is 10.5. The molecule has 0 atom stereocenters. The molecule has 0 fully saturated rings. The molecule has 19 heavy (non-hydrogen) atoms. The Bertz CT molecular complexity index is 436. The van der Waals surface area contributed by atoms with Crippen molar-refractivity contribution in [2.24, 2.45) is 5.73 Å². The first-order valence-electron chi connectivity index (χ1n) is 7.18. The molecule has 1 aromatic carbocycles. The van der Waals surface area contributed by atoms with Gasteiger partial charge in [0.2, 0.25) is 0 Å². The molecule has 2 nitrogen and oxygen atoms in total. The molecule has 0 aliphatic carbocycles. The van der Waals surface area contributed by atoms with Crippen LogP contribution >= 0.6 is 0 Å². The average Bonchev–Trinajstić information content (AvgIpc) is 2.38. The lowest BCUT2D eigenvalue weighted by atomic mass is 9.93. The zero-order valence-electron chi connectivity index (χ0n) is 12.1. The van der Waals surface area contributed by atoms with E-state index >= 15 is 0 Å². The second kappa shape index (κ2) is 7.99. The van der Waals surface area contributed by atoms with Gasteiger partial charge in [-0.2, -0.15) is 0 Å². The quantitative estimate of drug-likeness (QED) is 0.772. The monoisotopic (exact) mass is 259 g/mol. The van der Waals surface area contributed by atoms with Crippen molar-refractivity contribution in [2.45, 2.75) is 51.6 Å². The summed E-state index contributed by atoms with van der Waals surface area (Å²) < 4.78 is 0. The minimum absolute atomic E-state index is 0.645. The minimum Gasteiger partial charge on any atom is -0.378 e. The van der Waals surface area contributed by atoms with Crippen LogP contribution in [0.4, 0.5) is 0 Å². The standard InChI is InChI=1S/C17H25NO/c1-3-10-17(19,11-4-2)12-8-15-6-5-7-16(14-15)9-13-18/h5-7,14,19H,3-4,9-11,13,18H2,1-2H3. The molecule has 0 bridgehead atoms. The van der Waals surface area contributed by atoms with Crippen molar-refractivity contribution in [3.05, 3.63) is 35.4 Å². The highest BCUT2D eigenvalue weighted by Gasteiger charge is 2.21. The summed E-state index contributed by atoms with van der Waals surface area (Å²) in [6.45, 7) is 4.79. The molecule has 0 saturated carbocycles. The van der Waals surface area contributed by atoms with E-state index in [4.69, 9.17) is 5.73 Å². The van der Waals surface area contributed by atoms with Gasteiger partial charge in [-0.05, 0) is 43.5 Å². The van der Waals surface area contributed by atoms with E-state index in [0.717, 1.165) is 37.7 Å². The topological polar surface area (TPSA) is 46.2 Å². The normalized spacial score (nSPS) is 10.9. The molecular weight excluding hydrogens is 234 g/mol. The van der Waals surface area contributed by atoms with Gasteiger partial charge in [0.15, 0.2) is 0 Å². The predicted molar refractivity (Wildman–Crippen MR) is 80.8 cm³/mol. The maximum Gasteiger partial charge on any atom is 0.125 e. The van der Waals surface area contributed by atoms with Crippen molar-refractivity contribution >= 4 is 0 Å². The molecule has 0 aromatic heterocycles. The van der Waals surface area contributed by atoms with Gasteiger partial charge in [-0.1, -0.05) is 50.7 Å². The zero-order valence-corrected chi connectivity index (χ0v) is 12.1. The van der Waals surface area contributed by atoms with Crippen molar-refractivity contribution < 1.29 is 5.11 Å². The molecule has 0 aliphatic heterocycles. The summed E-state index contributed by atoms with van der Waals surface area (Å²) in [7, 11) is 0. The number of hydrogen-bond donors (Lipinski definition) is 2. The summed E-state index contributed by atoms with van der Waals surface area (Å²) in [6.07, 6.45) is 4.22. The number of benzene rings is 1. The second-order valence-corrected chi connectivity index (χ2v) is 5.02. The van der Waals surface area contributed by atoms with Gasteiger partial charge in [-0.3, -0.25) is 0 Å². The van der Waals surface area contributed by atoms with E-state index in [1.54, 1.807) is 0 Å². The van der Waals surface area contributed by atoms with Crippen LogP contribution in [0.1, 0.15) is 50.7 Å². The molecule has 0 aliphatic rings. The van der Waals surface area contributed by atoms with Crippen LogP contribution < -0.4 is 5.73 Å². The predicted octanol–water partition coefficient (Wildman–Crippen LogP) is 2.87. The summed E-state index contributed by atoms with van der Waals surface area (Å²) in [4.78, 5) is 0. The molecule has 0 radical (unpaired) electrons. The van der Waals surface area contributed by atoms with Crippen LogP contribution in [0.5, 0.6) is 0 Å². The molecule has 0 heterocycles. The summed E-state index contributed by atoms with van der Waals surface area (Å²) in [6, 6.07) is 8.08.